The third-order valence-corrected chi connectivity index (χ3v) is 14.1. The fourth-order valence-electron chi connectivity index (χ4n) is 9.51. The highest BCUT2D eigenvalue weighted by atomic mass is 16.6. The van der Waals surface area contributed by atoms with Gasteiger partial charge in [-0.1, -0.05) is 316 Å². The third kappa shape index (κ3) is 55.2. The van der Waals surface area contributed by atoms with Crippen molar-refractivity contribution in [2.75, 3.05) is 13.2 Å². The van der Waals surface area contributed by atoms with Crippen LogP contribution in [0.2, 0.25) is 0 Å². The molecule has 0 amide bonds. The van der Waals surface area contributed by atoms with E-state index in [0.29, 0.717) is 19.3 Å². The summed E-state index contributed by atoms with van der Waals surface area (Å²) >= 11 is 0. The van der Waals surface area contributed by atoms with Crippen LogP contribution in [0.4, 0.5) is 0 Å². The molecule has 0 saturated carbocycles. The maximum atomic E-state index is 12.9. The Morgan fingerprint density at radius 3 is 0.597 bits per heavy atom. The maximum Gasteiger partial charge on any atom is 0.306 e. The van der Waals surface area contributed by atoms with E-state index in [-0.39, 0.29) is 31.1 Å². The lowest BCUT2D eigenvalue weighted by molar-refractivity contribution is -0.167. The van der Waals surface area contributed by atoms with Gasteiger partial charge in [-0.2, -0.15) is 0 Å². The lowest BCUT2D eigenvalue weighted by atomic mass is 10.0. The fraction of sp³-hybridized carbons (Fsp3) is 0.951. The first-order valence-electron chi connectivity index (χ1n) is 30.5. The Bertz CT molecular complexity index is 998. The summed E-state index contributed by atoms with van der Waals surface area (Å²) in [7, 11) is 0. The van der Waals surface area contributed by atoms with E-state index >= 15 is 0 Å². The van der Waals surface area contributed by atoms with Crippen molar-refractivity contribution >= 4 is 17.9 Å². The minimum absolute atomic E-state index is 0.0607. The van der Waals surface area contributed by atoms with Gasteiger partial charge in [0.05, 0.1) is 0 Å². The van der Waals surface area contributed by atoms with Crippen molar-refractivity contribution in [1.29, 1.82) is 0 Å². The standard InChI is InChI=1S/C61H118O6/c1-4-7-10-13-16-19-22-25-28-30-31-34-36-39-42-45-48-51-54-60(63)66-57-58(56-65-59(62)53-50-47-44-41-38-35-32-27-24-21-18-15-12-9-6-3)67-61(64)55-52-49-46-43-40-37-33-29-26-23-20-17-14-11-8-5-2/h58H,4-57H2,1-3H3/t58-/m0/s1. The van der Waals surface area contributed by atoms with Crippen molar-refractivity contribution in [3.8, 4) is 0 Å². The number of ether oxygens (including phenoxy) is 3. The number of esters is 3. The van der Waals surface area contributed by atoms with Crippen LogP contribution in [-0.2, 0) is 28.6 Å². The average Bonchev–Trinajstić information content (AvgIpc) is 3.33. The first-order chi connectivity index (χ1) is 33.0. The van der Waals surface area contributed by atoms with Gasteiger partial charge < -0.3 is 14.2 Å². The van der Waals surface area contributed by atoms with Gasteiger partial charge in [0.1, 0.15) is 13.2 Å². The molecule has 6 nitrogen and oxygen atoms in total. The quantitative estimate of drug-likeness (QED) is 0.0343. The second kappa shape index (κ2) is 57.0. The lowest BCUT2D eigenvalue weighted by Gasteiger charge is -2.18. The summed E-state index contributed by atoms with van der Waals surface area (Å²) in [4.78, 5) is 38.2. The van der Waals surface area contributed by atoms with Gasteiger partial charge in [0.15, 0.2) is 6.10 Å². The first-order valence-corrected chi connectivity index (χ1v) is 30.5. The smallest absolute Gasteiger partial charge is 0.306 e. The molecule has 0 spiro atoms. The Kier molecular flexibility index (Phi) is 55.6. The van der Waals surface area contributed by atoms with Crippen molar-refractivity contribution in [2.24, 2.45) is 0 Å². The summed E-state index contributed by atoms with van der Waals surface area (Å²) in [5.41, 5.74) is 0. The van der Waals surface area contributed by atoms with Crippen LogP contribution in [-0.4, -0.2) is 37.2 Å². The van der Waals surface area contributed by atoms with Crippen molar-refractivity contribution in [2.45, 2.75) is 361 Å². The van der Waals surface area contributed by atoms with Gasteiger partial charge in [-0.05, 0) is 19.3 Å². The monoisotopic (exact) mass is 947 g/mol. The Hall–Kier alpha value is -1.59. The highest BCUT2D eigenvalue weighted by molar-refractivity contribution is 5.71. The van der Waals surface area contributed by atoms with Crippen molar-refractivity contribution in [3.05, 3.63) is 0 Å². The van der Waals surface area contributed by atoms with Gasteiger partial charge in [0, 0.05) is 19.3 Å². The molecule has 0 aromatic rings. The molecule has 0 heterocycles. The Morgan fingerprint density at radius 1 is 0.239 bits per heavy atom. The molecule has 0 saturated heterocycles. The van der Waals surface area contributed by atoms with E-state index in [2.05, 4.69) is 20.8 Å². The van der Waals surface area contributed by atoms with Crippen molar-refractivity contribution in [1.82, 2.24) is 0 Å². The predicted molar refractivity (Wildman–Crippen MR) is 289 cm³/mol. The summed E-state index contributed by atoms with van der Waals surface area (Å²) in [5.74, 6) is -0.827. The summed E-state index contributed by atoms with van der Waals surface area (Å²) < 4.78 is 16.9. The van der Waals surface area contributed by atoms with Crippen LogP contribution in [0.25, 0.3) is 0 Å². The van der Waals surface area contributed by atoms with Crippen LogP contribution in [0.15, 0.2) is 0 Å². The zero-order chi connectivity index (χ0) is 48.6. The minimum atomic E-state index is -0.761. The molecule has 0 bridgehead atoms. The molecule has 67 heavy (non-hydrogen) atoms. The van der Waals surface area contributed by atoms with Crippen LogP contribution >= 0.6 is 0 Å². The minimum Gasteiger partial charge on any atom is -0.462 e. The lowest BCUT2D eigenvalue weighted by Crippen LogP contribution is -2.30. The molecule has 0 aliphatic rings. The topological polar surface area (TPSA) is 78.9 Å². The largest absolute Gasteiger partial charge is 0.462 e. The molecule has 0 aromatic heterocycles. The summed E-state index contributed by atoms with van der Waals surface area (Å²) in [6.45, 7) is 6.72. The Balaban J connectivity index is 4.28. The Morgan fingerprint density at radius 2 is 0.403 bits per heavy atom. The van der Waals surface area contributed by atoms with Gasteiger partial charge in [-0.3, -0.25) is 14.4 Å². The van der Waals surface area contributed by atoms with Crippen LogP contribution in [0.1, 0.15) is 355 Å². The molecule has 0 rings (SSSR count). The SMILES string of the molecule is CCCCCCCCCCCCCCCCCCCCC(=O)OC[C@H](COC(=O)CCCCCCCCCCCCCCCCC)OC(=O)CCCCCCCCCCCCCCCCCC. The molecular weight excluding hydrogens is 829 g/mol. The molecule has 0 aliphatic carbocycles. The molecule has 0 N–H and O–H groups in total. The first kappa shape index (κ1) is 65.4. The van der Waals surface area contributed by atoms with E-state index in [1.165, 1.54) is 257 Å². The summed E-state index contributed by atoms with van der Waals surface area (Å²) in [5, 5.41) is 0. The van der Waals surface area contributed by atoms with E-state index in [1.54, 1.807) is 0 Å². The number of hydrogen-bond acceptors (Lipinski definition) is 6. The van der Waals surface area contributed by atoms with Crippen LogP contribution < -0.4 is 0 Å². The molecule has 1 atom stereocenters. The second-order valence-electron chi connectivity index (χ2n) is 21.0. The second-order valence-corrected chi connectivity index (χ2v) is 21.0. The van der Waals surface area contributed by atoms with Crippen molar-refractivity contribution < 1.29 is 28.6 Å². The fourth-order valence-corrected chi connectivity index (χ4v) is 9.51. The van der Waals surface area contributed by atoms with Crippen LogP contribution in [0.5, 0.6) is 0 Å². The number of rotatable bonds is 57. The van der Waals surface area contributed by atoms with E-state index in [0.717, 1.165) is 57.8 Å². The zero-order valence-electron chi connectivity index (χ0n) is 45.7. The van der Waals surface area contributed by atoms with E-state index < -0.39 is 6.10 Å². The van der Waals surface area contributed by atoms with Gasteiger partial charge >= 0.3 is 17.9 Å². The molecule has 0 aliphatic heterocycles. The normalized spacial score (nSPS) is 11.9. The highest BCUT2D eigenvalue weighted by Gasteiger charge is 2.19. The molecule has 6 heteroatoms. The zero-order valence-corrected chi connectivity index (χ0v) is 45.7. The van der Waals surface area contributed by atoms with E-state index in [4.69, 9.17) is 14.2 Å². The number of hydrogen-bond donors (Lipinski definition) is 0. The number of carbonyl (C=O) groups is 3. The van der Waals surface area contributed by atoms with Crippen molar-refractivity contribution in [3.63, 3.8) is 0 Å². The molecule has 0 aromatic carbocycles. The number of carbonyl (C=O) groups excluding carboxylic acids is 3. The van der Waals surface area contributed by atoms with Crippen LogP contribution in [0, 0.1) is 0 Å². The molecule has 0 radical (unpaired) electrons. The maximum absolute atomic E-state index is 12.9. The molecule has 0 unspecified atom stereocenters. The predicted octanol–water partition coefficient (Wildman–Crippen LogP) is 20.3. The average molecular weight is 948 g/mol. The number of unbranched alkanes of at least 4 members (excludes halogenated alkanes) is 46. The molecule has 398 valence electrons. The molecular formula is C61H118O6. The van der Waals surface area contributed by atoms with Gasteiger partial charge in [0.2, 0.25) is 0 Å². The van der Waals surface area contributed by atoms with Crippen LogP contribution in [0.3, 0.4) is 0 Å². The van der Waals surface area contributed by atoms with Gasteiger partial charge in [-0.25, -0.2) is 0 Å². The van der Waals surface area contributed by atoms with E-state index in [1.807, 2.05) is 0 Å². The van der Waals surface area contributed by atoms with E-state index in [9.17, 15) is 14.4 Å². The Labute approximate surface area is 418 Å². The van der Waals surface area contributed by atoms with Gasteiger partial charge in [0.25, 0.3) is 0 Å². The third-order valence-electron chi connectivity index (χ3n) is 14.1. The van der Waals surface area contributed by atoms with Gasteiger partial charge in [-0.15, -0.1) is 0 Å². The summed E-state index contributed by atoms with van der Waals surface area (Å²) in [6.07, 6.45) is 63.8. The molecule has 0 fully saturated rings. The highest BCUT2D eigenvalue weighted by Crippen LogP contribution is 2.18. The summed E-state index contributed by atoms with van der Waals surface area (Å²) in [6, 6.07) is 0.